The van der Waals surface area contributed by atoms with Gasteiger partial charge in [-0.05, 0) is 33.8 Å². The van der Waals surface area contributed by atoms with Gasteiger partial charge >= 0.3 is 6.09 Å². The highest BCUT2D eigenvalue weighted by Crippen LogP contribution is 2.32. The minimum Gasteiger partial charge on any atom is -0.491 e. The first kappa shape index (κ1) is 17.6. The summed E-state index contributed by atoms with van der Waals surface area (Å²) in [7, 11) is 0. The smallest absolute Gasteiger partial charge is 0.408 e. The van der Waals surface area contributed by atoms with Crippen molar-refractivity contribution in [3.63, 3.8) is 0 Å². The molecule has 3 unspecified atom stereocenters. The first-order valence-corrected chi connectivity index (χ1v) is 7.89. The van der Waals surface area contributed by atoms with Crippen LogP contribution in [0.5, 0.6) is 5.75 Å². The summed E-state index contributed by atoms with van der Waals surface area (Å²) in [5.41, 5.74) is 0.403. The van der Waals surface area contributed by atoms with Crippen LogP contribution in [0.4, 0.5) is 4.79 Å². The lowest BCUT2D eigenvalue weighted by Crippen LogP contribution is -2.52. The van der Waals surface area contributed by atoms with Gasteiger partial charge in [-0.2, -0.15) is 0 Å². The fourth-order valence-corrected chi connectivity index (χ4v) is 2.50. The highest BCUT2D eigenvalue weighted by molar-refractivity contribution is 5.68. The molecule has 0 saturated carbocycles. The Hall–Kier alpha value is -1.79. The van der Waals surface area contributed by atoms with E-state index in [9.17, 15) is 9.90 Å². The maximum Gasteiger partial charge on any atom is 0.408 e. The second kappa shape index (κ2) is 7.19. The molecule has 6 heteroatoms. The number of aliphatic hydroxyl groups excluding tert-OH is 1. The van der Waals surface area contributed by atoms with Crippen molar-refractivity contribution < 1.29 is 19.4 Å². The van der Waals surface area contributed by atoms with E-state index in [4.69, 9.17) is 9.47 Å². The average molecular weight is 322 g/mol. The van der Waals surface area contributed by atoms with Gasteiger partial charge in [0.15, 0.2) is 0 Å². The van der Waals surface area contributed by atoms with Crippen LogP contribution in [0.15, 0.2) is 24.3 Å². The van der Waals surface area contributed by atoms with Gasteiger partial charge in [-0.1, -0.05) is 18.2 Å². The largest absolute Gasteiger partial charge is 0.491 e. The summed E-state index contributed by atoms with van der Waals surface area (Å²) in [6.07, 6.45) is -0.957. The molecule has 1 aromatic carbocycles. The summed E-state index contributed by atoms with van der Waals surface area (Å²) in [6.45, 7) is 7.95. The second-order valence-electron chi connectivity index (χ2n) is 6.84. The number of aliphatic hydroxyl groups is 1. The average Bonchev–Trinajstić information content (AvgIpc) is 2.43. The number of ether oxygens (including phenoxy) is 2. The van der Waals surface area contributed by atoms with E-state index in [1.54, 1.807) is 6.92 Å². The van der Waals surface area contributed by atoms with E-state index in [2.05, 4.69) is 10.6 Å². The highest BCUT2D eigenvalue weighted by atomic mass is 16.6. The van der Waals surface area contributed by atoms with Gasteiger partial charge in [0, 0.05) is 12.1 Å². The number of hydrogen-bond donors (Lipinski definition) is 3. The molecule has 0 bridgehead atoms. The van der Waals surface area contributed by atoms with Gasteiger partial charge in [0.1, 0.15) is 18.0 Å². The number of hydrogen-bond acceptors (Lipinski definition) is 5. The first-order chi connectivity index (χ1) is 10.8. The van der Waals surface area contributed by atoms with Crippen LogP contribution in [0.2, 0.25) is 0 Å². The number of carbonyl (C=O) groups is 1. The van der Waals surface area contributed by atoms with Crippen LogP contribution >= 0.6 is 0 Å². The number of amides is 1. The molecule has 2 rings (SSSR count). The third kappa shape index (κ3) is 5.11. The third-order valence-corrected chi connectivity index (χ3v) is 3.41. The van der Waals surface area contributed by atoms with Gasteiger partial charge in [0.05, 0.1) is 18.2 Å². The summed E-state index contributed by atoms with van der Waals surface area (Å²) in [5, 5.41) is 15.7. The summed E-state index contributed by atoms with van der Waals surface area (Å²) < 4.78 is 11.1. The maximum absolute atomic E-state index is 12.1. The van der Waals surface area contributed by atoms with Crippen LogP contribution in [0.3, 0.4) is 0 Å². The maximum atomic E-state index is 12.1. The van der Waals surface area contributed by atoms with E-state index in [0.717, 1.165) is 11.3 Å². The van der Waals surface area contributed by atoms with E-state index in [0.29, 0.717) is 13.2 Å². The number of alkyl carbamates (subject to hydrolysis) is 1. The Kier molecular flexibility index (Phi) is 5.49. The minimum absolute atomic E-state index is 0.151. The normalized spacial score (nSPS) is 21.8. The van der Waals surface area contributed by atoms with E-state index in [-0.39, 0.29) is 12.1 Å². The summed E-state index contributed by atoms with van der Waals surface area (Å²) in [6, 6.07) is 7.26. The SMILES string of the molecule is CC(O)CNC1c2ccccc2OCC1NC(=O)OC(C)(C)C. The number of fused-ring (bicyclic) bond motifs is 1. The van der Waals surface area contributed by atoms with Gasteiger partial charge in [0.25, 0.3) is 0 Å². The molecule has 0 fully saturated rings. The highest BCUT2D eigenvalue weighted by Gasteiger charge is 2.33. The van der Waals surface area contributed by atoms with Crippen molar-refractivity contribution >= 4 is 6.09 Å². The lowest BCUT2D eigenvalue weighted by molar-refractivity contribution is 0.0457. The zero-order chi connectivity index (χ0) is 17.0. The number of benzene rings is 1. The molecule has 1 amide bonds. The molecule has 1 aliphatic rings. The Morgan fingerprint density at radius 2 is 2.13 bits per heavy atom. The van der Waals surface area contributed by atoms with Crippen LogP contribution in [0.25, 0.3) is 0 Å². The predicted octanol–water partition coefficient (Wildman–Crippen LogP) is 1.98. The van der Waals surface area contributed by atoms with Crippen molar-refractivity contribution in [2.45, 2.75) is 51.5 Å². The van der Waals surface area contributed by atoms with Crippen LogP contribution < -0.4 is 15.4 Å². The predicted molar refractivity (Wildman–Crippen MR) is 87.5 cm³/mol. The van der Waals surface area contributed by atoms with Crippen LogP contribution in [0.1, 0.15) is 39.3 Å². The number of rotatable bonds is 4. The molecule has 1 heterocycles. The monoisotopic (exact) mass is 322 g/mol. The molecule has 6 nitrogen and oxygen atoms in total. The van der Waals surface area contributed by atoms with Gasteiger partial charge in [-0.15, -0.1) is 0 Å². The van der Waals surface area contributed by atoms with Crippen LogP contribution in [-0.2, 0) is 4.74 Å². The Bertz CT molecular complexity index is 540. The van der Waals surface area contributed by atoms with E-state index in [1.165, 1.54) is 0 Å². The molecule has 3 N–H and O–H groups in total. The molecule has 0 aromatic heterocycles. The van der Waals surface area contributed by atoms with Crippen molar-refractivity contribution in [1.29, 1.82) is 0 Å². The zero-order valence-corrected chi connectivity index (χ0v) is 14.1. The van der Waals surface area contributed by atoms with Gasteiger partial charge in [-0.3, -0.25) is 0 Å². The van der Waals surface area contributed by atoms with Crippen molar-refractivity contribution in [3.8, 4) is 5.75 Å². The molecule has 0 saturated heterocycles. The standard InChI is InChI=1S/C17H26N2O4/c1-11(20)9-18-15-12-7-5-6-8-14(12)22-10-13(15)19-16(21)23-17(2,3)4/h5-8,11,13,15,18,20H,9-10H2,1-4H3,(H,19,21). The summed E-state index contributed by atoms with van der Waals surface area (Å²) >= 11 is 0. The molecule has 0 aliphatic carbocycles. The quantitative estimate of drug-likeness (QED) is 0.790. The molecular formula is C17H26N2O4. The molecule has 23 heavy (non-hydrogen) atoms. The molecule has 1 aliphatic heterocycles. The topological polar surface area (TPSA) is 79.8 Å². The minimum atomic E-state index is -0.556. The fraction of sp³-hybridized carbons (Fsp3) is 0.588. The van der Waals surface area contributed by atoms with E-state index in [1.807, 2.05) is 45.0 Å². The first-order valence-electron chi connectivity index (χ1n) is 7.89. The Balaban J connectivity index is 2.12. The Morgan fingerprint density at radius 1 is 1.43 bits per heavy atom. The van der Waals surface area contributed by atoms with Crippen molar-refractivity contribution in [1.82, 2.24) is 10.6 Å². The molecule has 128 valence electrons. The molecule has 1 aromatic rings. The molecule has 3 atom stereocenters. The molecule has 0 radical (unpaired) electrons. The zero-order valence-electron chi connectivity index (χ0n) is 14.1. The number of carbonyl (C=O) groups excluding carboxylic acids is 1. The van der Waals surface area contributed by atoms with Gasteiger partial charge in [0.2, 0.25) is 0 Å². The Labute approximate surface area is 137 Å². The summed E-state index contributed by atoms with van der Waals surface area (Å²) in [4.78, 5) is 12.1. The molecular weight excluding hydrogens is 296 g/mol. The van der Waals surface area contributed by atoms with E-state index < -0.39 is 17.8 Å². The third-order valence-electron chi connectivity index (χ3n) is 3.41. The van der Waals surface area contributed by atoms with E-state index >= 15 is 0 Å². The fourth-order valence-electron chi connectivity index (χ4n) is 2.50. The van der Waals surface area contributed by atoms with Crippen molar-refractivity contribution in [2.75, 3.05) is 13.2 Å². The van der Waals surface area contributed by atoms with Crippen LogP contribution in [0, 0.1) is 0 Å². The molecule has 0 spiro atoms. The lowest BCUT2D eigenvalue weighted by atomic mass is 9.96. The van der Waals surface area contributed by atoms with Crippen molar-refractivity contribution in [2.24, 2.45) is 0 Å². The van der Waals surface area contributed by atoms with Crippen LogP contribution in [-0.4, -0.2) is 42.1 Å². The number of nitrogens with one attached hydrogen (secondary N) is 2. The number of para-hydroxylation sites is 1. The van der Waals surface area contributed by atoms with Gasteiger partial charge in [-0.25, -0.2) is 4.79 Å². The summed E-state index contributed by atoms with van der Waals surface area (Å²) in [5.74, 6) is 0.790. The van der Waals surface area contributed by atoms with Crippen molar-refractivity contribution in [3.05, 3.63) is 29.8 Å². The lowest BCUT2D eigenvalue weighted by Gasteiger charge is -2.35. The second-order valence-corrected chi connectivity index (χ2v) is 6.84. The Morgan fingerprint density at radius 3 is 2.78 bits per heavy atom. The van der Waals surface area contributed by atoms with Gasteiger partial charge < -0.3 is 25.2 Å².